The summed E-state index contributed by atoms with van der Waals surface area (Å²) in [5.41, 5.74) is 0.0992. The molecule has 4 heteroatoms. The Hall–Kier alpha value is -1.56. The second kappa shape index (κ2) is 3.90. The Balaban J connectivity index is 2.88. The van der Waals surface area contributed by atoms with Gasteiger partial charge in [-0.1, -0.05) is 5.92 Å². The SMILES string of the molecule is C#CCN1C(=O)C(=C=O)CC1OC. The summed E-state index contributed by atoms with van der Waals surface area (Å²) in [5, 5.41) is 0. The van der Waals surface area contributed by atoms with Gasteiger partial charge >= 0.3 is 0 Å². The van der Waals surface area contributed by atoms with Gasteiger partial charge in [-0.15, -0.1) is 6.42 Å². The van der Waals surface area contributed by atoms with E-state index in [1.807, 2.05) is 0 Å². The van der Waals surface area contributed by atoms with Gasteiger partial charge in [-0.3, -0.25) is 4.79 Å². The maximum absolute atomic E-state index is 11.3. The number of carbonyl (C=O) groups is 1. The van der Waals surface area contributed by atoms with Crippen LogP contribution in [0.25, 0.3) is 0 Å². The van der Waals surface area contributed by atoms with Crippen molar-refractivity contribution >= 4 is 11.8 Å². The van der Waals surface area contributed by atoms with Crippen molar-refractivity contribution in [1.29, 1.82) is 0 Å². The lowest BCUT2D eigenvalue weighted by Gasteiger charge is -2.19. The van der Waals surface area contributed by atoms with E-state index in [4.69, 9.17) is 11.2 Å². The van der Waals surface area contributed by atoms with E-state index >= 15 is 0 Å². The van der Waals surface area contributed by atoms with Crippen LogP contribution in [0.1, 0.15) is 6.42 Å². The summed E-state index contributed by atoms with van der Waals surface area (Å²) in [5.74, 6) is 3.55. The predicted octanol–water partition coefficient (Wildman–Crippen LogP) is -0.418. The quantitative estimate of drug-likeness (QED) is 0.328. The molecule has 0 aromatic rings. The molecule has 0 radical (unpaired) electrons. The van der Waals surface area contributed by atoms with E-state index in [9.17, 15) is 9.59 Å². The number of hydrogen-bond acceptors (Lipinski definition) is 3. The molecule has 0 aromatic heterocycles. The van der Waals surface area contributed by atoms with Crippen LogP contribution < -0.4 is 0 Å². The van der Waals surface area contributed by atoms with Gasteiger partial charge in [-0.2, -0.15) is 0 Å². The molecule has 1 aliphatic heterocycles. The maximum Gasteiger partial charge on any atom is 0.263 e. The zero-order chi connectivity index (χ0) is 9.84. The minimum atomic E-state index is -0.417. The molecule has 0 N–H and O–H groups in total. The Kier molecular flexibility index (Phi) is 2.86. The second-order valence-corrected chi connectivity index (χ2v) is 2.61. The predicted molar refractivity (Wildman–Crippen MR) is 45.2 cm³/mol. The first-order valence-corrected chi connectivity index (χ1v) is 3.75. The molecular formula is C9H9NO3. The molecule has 0 saturated carbocycles. The average molecular weight is 179 g/mol. The van der Waals surface area contributed by atoms with Crippen molar-refractivity contribution in [2.45, 2.75) is 12.6 Å². The van der Waals surface area contributed by atoms with E-state index < -0.39 is 6.23 Å². The molecule has 0 aromatic carbocycles. The number of terminal acetylenes is 1. The fourth-order valence-electron chi connectivity index (χ4n) is 1.24. The lowest BCUT2D eigenvalue weighted by molar-refractivity contribution is -0.131. The third kappa shape index (κ3) is 1.62. The summed E-state index contributed by atoms with van der Waals surface area (Å²) in [4.78, 5) is 23.0. The fraction of sp³-hybridized carbons (Fsp3) is 0.444. The molecule has 1 saturated heterocycles. The molecule has 68 valence electrons. The topological polar surface area (TPSA) is 46.6 Å². The summed E-state index contributed by atoms with van der Waals surface area (Å²) < 4.78 is 4.99. The molecule has 1 aliphatic rings. The largest absolute Gasteiger partial charge is 0.361 e. The van der Waals surface area contributed by atoms with E-state index in [-0.39, 0.29) is 24.4 Å². The highest BCUT2D eigenvalue weighted by Gasteiger charge is 2.35. The number of methoxy groups -OCH3 is 1. The molecule has 1 fully saturated rings. The number of hydrogen-bond donors (Lipinski definition) is 0. The number of carbonyl (C=O) groups excluding carboxylic acids is 2. The van der Waals surface area contributed by atoms with Gasteiger partial charge in [0.25, 0.3) is 5.91 Å². The van der Waals surface area contributed by atoms with E-state index in [0.29, 0.717) is 0 Å². The monoisotopic (exact) mass is 179 g/mol. The second-order valence-electron chi connectivity index (χ2n) is 2.61. The zero-order valence-corrected chi connectivity index (χ0v) is 7.24. The van der Waals surface area contributed by atoms with Gasteiger partial charge in [0, 0.05) is 13.5 Å². The van der Waals surface area contributed by atoms with Crippen molar-refractivity contribution in [1.82, 2.24) is 4.90 Å². The van der Waals surface area contributed by atoms with Crippen LogP contribution in [0, 0.1) is 12.3 Å². The first kappa shape index (κ1) is 9.53. The van der Waals surface area contributed by atoms with Gasteiger partial charge in [-0.05, 0) is 0 Å². The van der Waals surface area contributed by atoms with Crippen LogP contribution in [0.5, 0.6) is 0 Å². The highest BCUT2D eigenvalue weighted by atomic mass is 16.5. The third-order valence-electron chi connectivity index (χ3n) is 1.90. The lowest BCUT2D eigenvalue weighted by Crippen LogP contribution is -2.34. The Labute approximate surface area is 76.2 Å². The van der Waals surface area contributed by atoms with Crippen LogP contribution >= 0.6 is 0 Å². The summed E-state index contributed by atoms with van der Waals surface area (Å²) in [6.45, 7) is 0.155. The van der Waals surface area contributed by atoms with Crippen LogP contribution in [0.3, 0.4) is 0 Å². The summed E-state index contributed by atoms with van der Waals surface area (Å²) in [7, 11) is 1.47. The van der Waals surface area contributed by atoms with Gasteiger partial charge in [0.15, 0.2) is 0 Å². The highest BCUT2D eigenvalue weighted by molar-refractivity contribution is 6.02. The van der Waals surface area contributed by atoms with Crippen molar-refractivity contribution in [2.75, 3.05) is 13.7 Å². The lowest BCUT2D eigenvalue weighted by atomic mass is 10.2. The summed E-state index contributed by atoms with van der Waals surface area (Å²) in [6.07, 6.45) is 4.91. The van der Waals surface area contributed by atoms with Gasteiger partial charge < -0.3 is 9.64 Å². The van der Waals surface area contributed by atoms with Gasteiger partial charge in [0.1, 0.15) is 17.7 Å². The Morgan fingerprint density at radius 2 is 2.46 bits per heavy atom. The number of rotatable bonds is 2. The molecule has 1 rings (SSSR count). The molecule has 1 atom stereocenters. The number of ether oxygens (including phenoxy) is 1. The molecule has 1 heterocycles. The van der Waals surface area contributed by atoms with Gasteiger partial charge in [0.2, 0.25) is 0 Å². The highest BCUT2D eigenvalue weighted by Crippen LogP contribution is 2.21. The van der Waals surface area contributed by atoms with E-state index in [1.54, 1.807) is 5.94 Å². The first-order valence-electron chi connectivity index (χ1n) is 3.75. The third-order valence-corrected chi connectivity index (χ3v) is 1.90. The Morgan fingerprint density at radius 1 is 1.77 bits per heavy atom. The molecule has 4 nitrogen and oxygen atoms in total. The van der Waals surface area contributed by atoms with Crippen molar-refractivity contribution in [3.05, 3.63) is 5.57 Å². The molecule has 1 amide bonds. The minimum Gasteiger partial charge on any atom is -0.361 e. The van der Waals surface area contributed by atoms with Gasteiger partial charge in [0.05, 0.1) is 6.54 Å². The van der Waals surface area contributed by atoms with E-state index in [2.05, 4.69) is 5.92 Å². The maximum atomic E-state index is 11.3. The Morgan fingerprint density at radius 3 is 2.92 bits per heavy atom. The van der Waals surface area contributed by atoms with Crippen molar-refractivity contribution in [3.63, 3.8) is 0 Å². The fourth-order valence-corrected chi connectivity index (χ4v) is 1.24. The molecule has 13 heavy (non-hydrogen) atoms. The van der Waals surface area contributed by atoms with Crippen molar-refractivity contribution in [2.24, 2.45) is 0 Å². The number of amides is 1. The Bertz CT molecular complexity index is 309. The number of likely N-dealkylation sites (tertiary alicyclic amines) is 1. The van der Waals surface area contributed by atoms with Gasteiger partial charge in [-0.25, -0.2) is 4.79 Å². The smallest absolute Gasteiger partial charge is 0.263 e. The van der Waals surface area contributed by atoms with Crippen LogP contribution in [-0.4, -0.2) is 36.6 Å². The standard InChI is InChI=1S/C9H9NO3/c1-3-4-10-8(13-2)5-7(6-11)9(10)12/h1,8H,4-5H2,2H3. The van der Waals surface area contributed by atoms with E-state index in [0.717, 1.165) is 0 Å². The van der Waals surface area contributed by atoms with Crippen LogP contribution in [0.4, 0.5) is 0 Å². The summed E-state index contributed by atoms with van der Waals surface area (Å²) >= 11 is 0. The van der Waals surface area contributed by atoms with Crippen LogP contribution in [-0.2, 0) is 14.3 Å². The van der Waals surface area contributed by atoms with Crippen molar-refractivity contribution < 1.29 is 14.3 Å². The first-order chi connectivity index (χ1) is 6.24. The number of nitrogens with zero attached hydrogens (tertiary/aromatic N) is 1. The molecular weight excluding hydrogens is 170 g/mol. The zero-order valence-electron chi connectivity index (χ0n) is 7.24. The summed E-state index contributed by atoms with van der Waals surface area (Å²) in [6, 6.07) is 0. The van der Waals surface area contributed by atoms with Crippen molar-refractivity contribution in [3.8, 4) is 12.3 Å². The molecule has 0 bridgehead atoms. The van der Waals surface area contributed by atoms with Crippen LogP contribution in [0.2, 0.25) is 0 Å². The molecule has 0 spiro atoms. The van der Waals surface area contributed by atoms with Crippen LogP contribution in [0.15, 0.2) is 5.57 Å². The minimum absolute atomic E-state index is 0.0992. The molecule has 1 unspecified atom stereocenters. The van der Waals surface area contributed by atoms with E-state index in [1.165, 1.54) is 12.0 Å². The molecule has 0 aliphatic carbocycles. The normalized spacial score (nSPS) is 21.5. The average Bonchev–Trinajstić information content (AvgIpc) is 2.45.